The second-order valence-electron chi connectivity index (χ2n) is 6.90. The van der Waals surface area contributed by atoms with Crippen LogP contribution < -0.4 is 15.0 Å². The normalized spacial score (nSPS) is 14.6. The number of hydrogen-bond donors (Lipinski definition) is 1. The summed E-state index contributed by atoms with van der Waals surface area (Å²) < 4.78 is 5.46. The predicted octanol–water partition coefficient (Wildman–Crippen LogP) is 3.48. The van der Waals surface area contributed by atoms with Crippen LogP contribution in [0.15, 0.2) is 66.2 Å². The van der Waals surface area contributed by atoms with Crippen LogP contribution in [-0.4, -0.2) is 48.6 Å². The zero-order valence-corrected chi connectivity index (χ0v) is 17.0. The SMILES string of the molecule is O=C(COc1ccccc1)Nc1ccc(N2CCN(Cc3cccs3)CC2)nc1. The molecule has 3 aromatic rings. The molecule has 0 unspecified atom stereocenters. The molecule has 0 radical (unpaired) electrons. The minimum atomic E-state index is -0.203. The van der Waals surface area contributed by atoms with Crippen molar-refractivity contribution in [3.05, 3.63) is 71.1 Å². The van der Waals surface area contributed by atoms with Crippen LogP contribution in [0.1, 0.15) is 4.88 Å². The van der Waals surface area contributed by atoms with Gasteiger partial charge in [0.25, 0.3) is 5.91 Å². The van der Waals surface area contributed by atoms with Crippen LogP contribution in [0.3, 0.4) is 0 Å². The zero-order valence-electron chi connectivity index (χ0n) is 16.2. The van der Waals surface area contributed by atoms with Gasteiger partial charge in [-0.1, -0.05) is 24.3 Å². The molecule has 6 nitrogen and oxygen atoms in total. The molecule has 4 rings (SSSR count). The molecule has 3 heterocycles. The maximum atomic E-state index is 12.1. The Balaban J connectivity index is 1.23. The Morgan fingerprint density at radius 2 is 1.86 bits per heavy atom. The number of hydrogen-bond acceptors (Lipinski definition) is 6. The van der Waals surface area contributed by atoms with E-state index in [9.17, 15) is 4.79 Å². The summed E-state index contributed by atoms with van der Waals surface area (Å²) in [4.78, 5) is 22.8. The number of thiophene rings is 1. The number of amides is 1. The predicted molar refractivity (Wildman–Crippen MR) is 117 cm³/mol. The molecule has 7 heteroatoms. The number of piperazine rings is 1. The lowest BCUT2D eigenvalue weighted by Crippen LogP contribution is -2.46. The highest BCUT2D eigenvalue weighted by Gasteiger charge is 2.18. The van der Waals surface area contributed by atoms with Gasteiger partial charge in [0, 0.05) is 37.6 Å². The molecule has 2 aromatic heterocycles. The summed E-state index contributed by atoms with van der Waals surface area (Å²) in [5.41, 5.74) is 0.673. The van der Waals surface area contributed by atoms with E-state index in [4.69, 9.17) is 4.74 Å². The van der Waals surface area contributed by atoms with Crippen molar-refractivity contribution in [1.82, 2.24) is 9.88 Å². The fourth-order valence-electron chi connectivity index (χ4n) is 3.27. The van der Waals surface area contributed by atoms with Crippen LogP contribution in [0.4, 0.5) is 11.5 Å². The average molecular weight is 409 g/mol. The van der Waals surface area contributed by atoms with Gasteiger partial charge in [0.2, 0.25) is 0 Å². The molecular weight excluding hydrogens is 384 g/mol. The van der Waals surface area contributed by atoms with E-state index in [-0.39, 0.29) is 12.5 Å². The van der Waals surface area contributed by atoms with E-state index in [1.165, 1.54) is 4.88 Å². The van der Waals surface area contributed by atoms with Crippen molar-refractivity contribution >= 4 is 28.7 Å². The number of ether oxygens (including phenoxy) is 1. The van der Waals surface area contributed by atoms with Crippen molar-refractivity contribution in [3.63, 3.8) is 0 Å². The van der Waals surface area contributed by atoms with Gasteiger partial charge in [-0.2, -0.15) is 0 Å². The third-order valence-corrected chi connectivity index (χ3v) is 5.66. The van der Waals surface area contributed by atoms with Crippen LogP contribution in [-0.2, 0) is 11.3 Å². The highest BCUT2D eigenvalue weighted by atomic mass is 32.1. The molecule has 1 aliphatic heterocycles. The number of para-hydroxylation sites is 1. The van der Waals surface area contributed by atoms with E-state index < -0.39 is 0 Å². The first-order valence-corrected chi connectivity index (χ1v) is 10.6. The van der Waals surface area contributed by atoms with Gasteiger partial charge >= 0.3 is 0 Å². The first-order chi connectivity index (χ1) is 14.3. The van der Waals surface area contributed by atoms with Crippen molar-refractivity contribution in [2.24, 2.45) is 0 Å². The molecule has 29 heavy (non-hydrogen) atoms. The maximum Gasteiger partial charge on any atom is 0.262 e. The highest BCUT2D eigenvalue weighted by molar-refractivity contribution is 7.09. The van der Waals surface area contributed by atoms with Gasteiger partial charge in [-0.25, -0.2) is 4.98 Å². The molecule has 0 atom stereocenters. The first-order valence-electron chi connectivity index (χ1n) is 9.70. The van der Waals surface area contributed by atoms with Crippen LogP contribution in [0, 0.1) is 0 Å². The molecule has 0 spiro atoms. The van der Waals surface area contributed by atoms with Gasteiger partial charge in [0.05, 0.1) is 11.9 Å². The summed E-state index contributed by atoms with van der Waals surface area (Å²) in [5.74, 6) is 1.42. The minimum Gasteiger partial charge on any atom is -0.484 e. The lowest BCUT2D eigenvalue weighted by atomic mass is 10.3. The topological polar surface area (TPSA) is 57.7 Å². The largest absolute Gasteiger partial charge is 0.484 e. The second kappa shape index (κ2) is 9.54. The van der Waals surface area contributed by atoms with Gasteiger partial charge in [-0.3, -0.25) is 9.69 Å². The molecule has 1 N–H and O–H groups in total. The summed E-state index contributed by atoms with van der Waals surface area (Å²) in [5, 5.41) is 4.95. The number of nitrogens with zero attached hydrogens (tertiary/aromatic N) is 3. The van der Waals surface area contributed by atoms with Crippen LogP contribution in [0.25, 0.3) is 0 Å². The summed E-state index contributed by atoms with van der Waals surface area (Å²) in [6.07, 6.45) is 1.70. The van der Waals surface area contributed by atoms with E-state index in [0.717, 1.165) is 38.5 Å². The number of anilines is 2. The van der Waals surface area contributed by atoms with Gasteiger partial charge in [0.15, 0.2) is 6.61 Å². The lowest BCUT2D eigenvalue weighted by molar-refractivity contribution is -0.118. The van der Waals surface area contributed by atoms with Gasteiger partial charge in [0.1, 0.15) is 11.6 Å². The molecule has 1 amide bonds. The van der Waals surface area contributed by atoms with Crippen molar-refractivity contribution in [2.45, 2.75) is 6.54 Å². The minimum absolute atomic E-state index is 0.0298. The number of benzene rings is 1. The number of aromatic nitrogens is 1. The first kappa shape index (κ1) is 19.4. The zero-order chi connectivity index (χ0) is 19.9. The molecule has 0 aliphatic carbocycles. The molecule has 1 saturated heterocycles. The van der Waals surface area contributed by atoms with Crippen molar-refractivity contribution in [2.75, 3.05) is 43.0 Å². The summed E-state index contributed by atoms with van der Waals surface area (Å²) in [7, 11) is 0. The smallest absolute Gasteiger partial charge is 0.262 e. The van der Waals surface area contributed by atoms with Gasteiger partial charge in [-0.05, 0) is 35.7 Å². The number of carbonyl (C=O) groups is 1. The number of carbonyl (C=O) groups excluding carboxylic acids is 1. The number of pyridine rings is 1. The molecular formula is C22H24N4O2S. The quantitative estimate of drug-likeness (QED) is 0.649. The third kappa shape index (κ3) is 5.56. The Kier molecular flexibility index (Phi) is 6.38. The van der Waals surface area contributed by atoms with Crippen molar-refractivity contribution in [1.29, 1.82) is 0 Å². The van der Waals surface area contributed by atoms with E-state index >= 15 is 0 Å². The fourth-order valence-corrected chi connectivity index (χ4v) is 4.01. The van der Waals surface area contributed by atoms with E-state index in [1.807, 2.05) is 53.8 Å². The van der Waals surface area contributed by atoms with Crippen LogP contribution in [0.5, 0.6) is 5.75 Å². The number of rotatable bonds is 7. The van der Waals surface area contributed by atoms with Gasteiger partial charge in [-0.15, -0.1) is 11.3 Å². The molecule has 1 fully saturated rings. The number of nitrogens with one attached hydrogen (secondary N) is 1. The van der Waals surface area contributed by atoms with E-state index in [2.05, 4.69) is 37.6 Å². The molecule has 0 saturated carbocycles. The monoisotopic (exact) mass is 408 g/mol. The highest BCUT2D eigenvalue weighted by Crippen LogP contribution is 2.18. The van der Waals surface area contributed by atoms with Crippen molar-refractivity contribution in [3.8, 4) is 5.75 Å². The Hall–Kier alpha value is -2.90. The van der Waals surface area contributed by atoms with E-state index in [0.29, 0.717) is 11.4 Å². The Bertz CT molecular complexity index is 892. The second-order valence-corrected chi connectivity index (χ2v) is 7.93. The molecule has 0 bridgehead atoms. The van der Waals surface area contributed by atoms with E-state index in [1.54, 1.807) is 6.20 Å². The summed E-state index contributed by atoms with van der Waals surface area (Å²) in [6.45, 7) is 4.95. The summed E-state index contributed by atoms with van der Waals surface area (Å²) in [6, 6.07) is 17.4. The molecule has 1 aromatic carbocycles. The Labute approximate surface area is 174 Å². The molecule has 1 aliphatic rings. The Morgan fingerprint density at radius 1 is 1.03 bits per heavy atom. The average Bonchev–Trinajstić information content (AvgIpc) is 3.27. The molecule has 150 valence electrons. The Morgan fingerprint density at radius 3 is 2.55 bits per heavy atom. The van der Waals surface area contributed by atoms with Crippen molar-refractivity contribution < 1.29 is 9.53 Å². The van der Waals surface area contributed by atoms with Crippen LogP contribution in [0.2, 0.25) is 0 Å². The summed E-state index contributed by atoms with van der Waals surface area (Å²) >= 11 is 1.81. The van der Waals surface area contributed by atoms with Crippen LogP contribution >= 0.6 is 11.3 Å². The van der Waals surface area contributed by atoms with Gasteiger partial charge < -0.3 is 15.0 Å². The fraction of sp³-hybridized carbons (Fsp3) is 0.273. The maximum absolute atomic E-state index is 12.1. The lowest BCUT2D eigenvalue weighted by Gasteiger charge is -2.35. The third-order valence-electron chi connectivity index (χ3n) is 4.80. The standard InChI is InChI=1S/C22H24N4O2S/c27-22(17-28-19-5-2-1-3-6-19)24-18-8-9-21(23-15-18)26-12-10-25(11-13-26)16-20-7-4-14-29-20/h1-9,14-15H,10-13,16-17H2,(H,24,27).